The number of pyridine rings is 1. The van der Waals surface area contributed by atoms with Crippen LogP contribution in [0.2, 0.25) is 0 Å². The van der Waals surface area contributed by atoms with Gasteiger partial charge in [0.25, 0.3) is 0 Å². The van der Waals surface area contributed by atoms with Crippen molar-refractivity contribution in [2.45, 2.75) is 13.5 Å². The first-order chi connectivity index (χ1) is 12.7. The van der Waals surface area contributed by atoms with Gasteiger partial charge in [0.05, 0.1) is 26.1 Å². The topological polar surface area (TPSA) is 81.2 Å². The van der Waals surface area contributed by atoms with Crippen LogP contribution in [0.5, 0.6) is 11.6 Å². The van der Waals surface area contributed by atoms with Gasteiger partial charge in [-0.2, -0.15) is 4.98 Å². The van der Waals surface area contributed by atoms with Gasteiger partial charge < -0.3 is 20.1 Å². The number of nitrogens with one attached hydrogen (secondary N) is 2. The number of hydrogen-bond donors (Lipinski definition) is 2. The fourth-order valence-electron chi connectivity index (χ4n) is 2.36. The van der Waals surface area contributed by atoms with Crippen LogP contribution in [0.3, 0.4) is 0 Å². The molecule has 7 nitrogen and oxygen atoms in total. The van der Waals surface area contributed by atoms with Crippen LogP contribution in [0.4, 0.5) is 17.5 Å². The zero-order valence-electron chi connectivity index (χ0n) is 15.0. The fraction of sp³-hybridized carbons (Fsp3) is 0.211. The van der Waals surface area contributed by atoms with Crippen molar-refractivity contribution < 1.29 is 9.47 Å². The van der Waals surface area contributed by atoms with Crippen molar-refractivity contribution in [3.63, 3.8) is 0 Å². The van der Waals surface area contributed by atoms with Crippen LogP contribution in [-0.4, -0.2) is 29.2 Å². The molecule has 7 heteroatoms. The minimum Gasteiger partial charge on any atom is -0.497 e. The third kappa shape index (κ3) is 4.60. The Morgan fingerprint density at radius 3 is 2.42 bits per heavy atom. The second kappa shape index (κ2) is 8.15. The predicted molar refractivity (Wildman–Crippen MR) is 101 cm³/mol. The van der Waals surface area contributed by atoms with Gasteiger partial charge in [0.1, 0.15) is 11.6 Å². The van der Waals surface area contributed by atoms with Crippen molar-refractivity contribution in [1.82, 2.24) is 15.0 Å². The average Bonchev–Trinajstić information content (AvgIpc) is 2.67. The highest BCUT2D eigenvalue weighted by atomic mass is 16.5. The van der Waals surface area contributed by atoms with Gasteiger partial charge in [0.2, 0.25) is 11.8 Å². The maximum Gasteiger partial charge on any atom is 0.229 e. The molecule has 2 heterocycles. The Hall–Kier alpha value is -3.35. The van der Waals surface area contributed by atoms with Crippen LogP contribution in [-0.2, 0) is 6.54 Å². The van der Waals surface area contributed by atoms with Crippen molar-refractivity contribution in [3.8, 4) is 11.6 Å². The third-order valence-electron chi connectivity index (χ3n) is 3.69. The number of hydrogen-bond acceptors (Lipinski definition) is 7. The lowest BCUT2D eigenvalue weighted by atomic mass is 10.2. The van der Waals surface area contributed by atoms with Crippen molar-refractivity contribution in [2.24, 2.45) is 0 Å². The number of nitrogens with zero attached hydrogens (tertiary/aromatic N) is 3. The van der Waals surface area contributed by atoms with E-state index < -0.39 is 0 Å². The first kappa shape index (κ1) is 17.5. The average molecular weight is 351 g/mol. The lowest BCUT2D eigenvalue weighted by Crippen LogP contribution is -2.05. The monoisotopic (exact) mass is 351 g/mol. The quantitative estimate of drug-likeness (QED) is 0.673. The first-order valence-electron chi connectivity index (χ1n) is 8.16. The number of anilines is 3. The van der Waals surface area contributed by atoms with Gasteiger partial charge in [-0.05, 0) is 30.7 Å². The number of methoxy groups -OCH3 is 2. The highest BCUT2D eigenvalue weighted by molar-refractivity contribution is 5.54. The molecule has 0 bridgehead atoms. The summed E-state index contributed by atoms with van der Waals surface area (Å²) in [6, 6.07) is 13.5. The van der Waals surface area contributed by atoms with Gasteiger partial charge in [-0.15, -0.1) is 0 Å². The van der Waals surface area contributed by atoms with E-state index in [9.17, 15) is 0 Å². The van der Waals surface area contributed by atoms with Crippen molar-refractivity contribution in [3.05, 3.63) is 59.9 Å². The molecule has 0 saturated carbocycles. The predicted octanol–water partition coefficient (Wildman–Crippen LogP) is 3.55. The normalized spacial score (nSPS) is 10.3. The summed E-state index contributed by atoms with van der Waals surface area (Å²) in [5.74, 6) is 2.65. The van der Waals surface area contributed by atoms with E-state index in [0.29, 0.717) is 18.4 Å². The van der Waals surface area contributed by atoms with Crippen LogP contribution < -0.4 is 20.1 Å². The van der Waals surface area contributed by atoms with E-state index in [1.165, 1.54) is 0 Å². The molecule has 2 N–H and O–H groups in total. The molecule has 0 atom stereocenters. The second-order valence-corrected chi connectivity index (χ2v) is 5.63. The molecule has 0 aliphatic heterocycles. The maximum absolute atomic E-state index is 5.17. The van der Waals surface area contributed by atoms with E-state index in [1.54, 1.807) is 26.5 Å². The summed E-state index contributed by atoms with van der Waals surface area (Å²) in [6.45, 7) is 2.58. The highest BCUT2D eigenvalue weighted by Gasteiger charge is 2.04. The van der Waals surface area contributed by atoms with Gasteiger partial charge in [0.15, 0.2) is 0 Å². The number of benzene rings is 1. The number of rotatable bonds is 7. The largest absolute Gasteiger partial charge is 0.497 e. The zero-order valence-corrected chi connectivity index (χ0v) is 15.0. The van der Waals surface area contributed by atoms with Crippen LogP contribution in [0, 0.1) is 6.92 Å². The SMILES string of the molecule is COc1ccc(CNc2cc(C)nc(Nc3ccc(OC)nc3)n2)cc1. The third-order valence-corrected chi connectivity index (χ3v) is 3.69. The van der Waals surface area contributed by atoms with E-state index in [1.807, 2.05) is 43.3 Å². The van der Waals surface area contributed by atoms with Crippen LogP contribution >= 0.6 is 0 Å². The van der Waals surface area contributed by atoms with Crippen molar-refractivity contribution in [1.29, 1.82) is 0 Å². The van der Waals surface area contributed by atoms with E-state index in [-0.39, 0.29) is 0 Å². The Bertz CT molecular complexity index is 851. The molecular formula is C19H21N5O2. The van der Waals surface area contributed by atoms with E-state index in [4.69, 9.17) is 9.47 Å². The van der Waals surface area contributed by atoms with E-state index >= 15 is 0 Å². The summed E-state index contributed by atoms with van der Waals surface area (Å²) in [6.07, 6.45) is 1.68. The molecule has 3 aromatic rings. The lowest BCUT2D eigenvalue weighted by molar-refractivity contribution is 0.398. The minimum atomic E-state index is 0.509. The standard InChI is InChI=1S/C19H21N5O2/c1-13-10-17(20-11-14-4-7-16(25-2)8-5-14)24-19(22-13)23-15-6-9-18(26-3)21-12-15/h4-10,12H,11H2,1-3H3,(H2,20,22,23,24). The minimum absolute atomic E-state index is 0.509. The molecule has 26 heavy (non-hydrogen) atoms. The molecule has 1 aromatic carbocycles. The van der Waals surface area contributed by atoms with E-state index in [2.05, 4.69) is 25.6 Å². The van der Waals surface area contributed by atoms with Crippen LogP contribution in [0.1, 0.15) is 11.3 Å². The van der Waals surface area contributed by atoms with E-state index in [0.717, 1.165) is 28.5 Å². The van der Waals surface area contributed by atoms with Gasteiger partial charge in [-0.3, -0.25) is 0 Å². The molecule has 0 spiro atoms. The molecule has 3 rings (SSSR count). The molecular weight excluding hydrogens is 330 g/mol. The molecule has 0 saturated heterocycles. The van der Waals surface area contributed by atoms with Crippen LogP contribution in [0.25, 0.3) is 0 Å². The molecule has 2 aromatic heterocycles. The Morgan fingerprint density at radius 2 is 1.77 bits per heavy atom. The summed E-state index contributed by atoms with van der Waals surface area (Å²) >= 11 is 0. The summed E-state index contributed by atoms with van der Waals surface area (Å²) < 4.78 is 10.2. The zero-order chi connectivity index (χ0) is 18.4. The number of ether oxygens (including phenoxy) is 2. The highest BCUT2D eigenvalue weighted by Crippen LogP contribution is 2.18. The second-order valence-electron chi connectivity index (χ2n) is 5.63. The van der Waals surface area contributed by atoms with Crippen LogP contribution in [0.15, 0.2) is 48.7 Å². The van der Waals surface area contributed by atoms with Crippen molar-refractivity contribution in [2.75, 3.05) is 24.9 Å². The Labute approximate surface area is 152 Å². The molecule has 0 amide bonds. The molecule has 0 fully saturated rings. The van der Waals surface area contributed by atoms with Gasteiger partial charge in [-0.25, -0.2) is 9.97 Å². The summed E-state index contributed by atoms with van der Waals surface area (Å²) in [4.78, 5) is 13.1. The summed E-state index contributed by atoms with van der Waals surface area (Å²) in [7, 11) is 3.24. The summed E-state index contributed by atoms with van der Waals surface area (Å²) in [5, 5.41) is 6.47. The molecule has 0 aliphatic carbocycles. The molecule has 0 unspecified atom stereocenters. The van der Waals surface area contributed by atoms with Gasteiger partial charge >= 0.3 is 0 Å². The number of aromatic nitrogens is 3. The smallest absolute Gasteiger partial charge is 0.229 e. The number of aryl methyl sites for hydroxylation is 1. The maximum atomic E-state index is 5.17. The Kier molecular flexibility index (Phi) is 5.48. The molecule has 134 valence electrons. The molecule has 0 aliphatic rings. The lowest BCUT2D eigenvalue weighted by Gasteiger charge is -2.10. The van der Waals surface area contributed by atoms with Gasteiger partial charge in [-0.1, -0.05) is 12.1 Å². The Morgan fingerprint density at radius 1 is 0.962 bits per heavy atom. The Balaban J connectivity index is 1.67. The summed E-state index contributed by atoms with van der Waals surface area (Å²) in [5.41, 5.74) is 2.79. The van der Waals surface area contributed by atoms with Crippen molar-refractivity contribution >= 4 is 17.5 Å². The fourth-order valence-corrected chi connectivity index (χ4v) is 2.36. The first-order valence-corrected chi connectivity index (χ1v) is 8.16. The van der Waals surface area contributed by atoms with Gasteiger partial charge in [0, 0.05) is 24.4 Å². The molecule has 0 radical (unpaired) electrons.